The lowest BCUT2D eigenvalue weighted by molar-refractivity contribution is -0.137. The van der Waals surface area contributed by atoms with E-state index in [1.165, 1.54) is 6.21 Å². The van der Waals surface area contributed by atoms with Crippen molar-refractivity contribution in [3.63, 3.8) is 0 Å². The van der Waals surface area contributed by atoms with E-state index in [0.717, 1.165) is 5.56 Å². The molecule has 0 aromatic heterocycles. The van der Waals surface area contributed by atoms with Crippen LogP contribution in [0.5, 0.6) is 11.5 Å². The number of carbonyl (C=O) groups excluding carboxylic acids is 2. The van der Waals surface area contributed by atoms with Crippen molar-refractivity contribution in [2.45, 2.75) is 0 Å². The van der Waals surface area contributed by atoms with E-state index in [9.17, 15) is 9.59 Å². The zero-order valence-electron chi connectivity index (χ0n) is 16.3. The lowest BCUT2D eigenvalue weighted by Gasteiger charge is -2.26. The highest BCUT2D eigenvalue weighted by atomic mass is 35.5. The third-order valence-electron chi connectivity index (χ3n) is 4.18. The minimum Gasteiger partial charge on any atom is -0.484 e. The molecule has 8 nitrogen and oxygen atoms in total. The second-order valence-corrected chi connectivity index (χ2v) is 6.83. The normalized spacial score (nSPS) is 13.8. The SMILES string of the molecule is O=C(COc1cccc(Cl)c1)N/N=C/c1ccc(OCC(=O)N2CCOCC2)cc1. The molecular weight excluding hydrogens is 410 g/mol. The van der Waals surface area contributed by atoms with E-state index in [4.69, 9.17) is 25.8 Å². The molecule has 1 heterocycles. The summed E-state index contributed by atoms with van der Waals surface area (Å²) in [5.74, 6) is 0.622. The molecule has 1 aliphatic rings. The summed E-state index contributed by atoms with van der Waals surface area (Å²) in [7, 11) is 0. The number of amides is 2. The molecule has 0 radical (unpaired) electrons. The fraction of sp³-hybridized carbons (Fsp3) is 0.286. The van der Waals surface area contributed by atoms with Crippen LogP contribution in [-0.4, -0.2) is 62.4 Å². The first kappa shape index (κ1) is 21.6. The molecule has 9 heteroatoms. The number of halogens is 1. The second-order valence-electron chi connectivity index (χ2n) is 6.39. The Labute approximate surface area is 179 Å². The van der Waals surface area contributed by atoms with Crippen molar-refractivity contribution < 1.29 is 23.8 Å². The van der Waals surface area contributed by atoms with Crippen LogP contribution in [0.3, 0.4) is 0 Å². The number of hydrogen-bond acceptors (Lipinski definition) is 6. The predicted molar refractivity (Wildman–Crippen MR) is 112 cm³/mol. The van der Waals surface area contributed by atoms with Gasteiger partial charge in [-0.3, -0.25) is 9.59 Å². The van der Waals surface area contributed by atoms with Crippen LogP contribution in [0.25, 0.3) is 0 Å². The molecule has 0 spiro atoms. The molecule has 2 aromatic rings. The van der Waals surface area contributed by atoms with Gasteiger partial charge in [-0.05, 0) is 48.0 Å². The fourth-order valence-electron chi connectivity index (χ4n) is 2.62. The van der Waals surface area contributed by atoms with Gasteiger partial charge in [-0.2, -0.15) is 5.10 Å². The van der Waals surface area contributed by atoms with E-state index in [1.807, 2.05) is 0 Å². The first-order chi connectivity index (χ1) is 14.6. The first-order valence-electron chi connectivity index (χ1n) is 9.39. The number of rotatable bonds is 8. The molecule has 0 bridgehead atoms. The van der Waals surface area contributed by atoms with Crippen LogP contribution in [-0.2, 0) is 14.3 Å². The highest BCUT2D eigenvalue weighted by molar-refractivity contribution is 6.30. The van der Waals surface area contributed by atoms with Gasteiger partial charge in [-0.1, -0.05) is 17.7 Å². The van der Waals surface area contributed by atoms with Crippen LogP contribution in [0.15, 0.2) is 53.6 Å². The Morgan fingerprint density at radius 1 is 1.07 bits per heavy atom. The summed E-state index contributed by atoms with van der Waals surface area (Å²) >= 11 is 5.86. The van der Waals surface area contributed by atoms with Gasteiger partial charge in [-0.25, -0.2) is 5.43 Å². The molecule has 1 aliphatic heterocycles. The summed E-state index contributed by atoms with van der Waals surface area (Å²) < 4.78 is 16.1. The van der Waals surface area contributed by atoms with E-state index >= 15 is 0 Å². The van der Waals surface area contributed by atoms with E-state index in [1.54, 1.807) is 53.4 Å². The van der Waals surface area contributed by atoms with Gasteiger partial charge in [-0.15, -0.1) is 0 Å². The van der Waals surface area contributed by atoms with Gasteiger partial charge in [0.05, 0.1) is 19.4 Å². The van der Waals surface area contributed by atoms with Crippen molar-refractivity contribution in [3.05, 3.63) is 59.1 Å². The number of benzene rings is 2. The lowest BCUT2D eigenvalue weighted by atomic mass is 10.2. The Bertz CT molecular complexity index is 882. The van der Waals surface area contributed by atoms with Crippen molar-refractivity contribution in [1.29, 1.82) is 0 Å². The zero-order chi connectivity index (χ0) is 21.2. The van der Waals surface area contributed by atoms with Crippen molar-refractivity contribution in [2.24, 2.45) is 5.10 Å². The van der Waals surface area contributed by atoms with Gasteiger partial charge < -0.3 is 19.1 Å². The number of nitrogens with zero attached hydrogens (tertiary/aromatic N) is 2. The highest BCUT2D eigenvalue weighted by Crippen LogP contribution is 2.16. The Hall–Kier alpha value is -3.10. The maximum Gasteiger partial charge on any atom is 0.277 e. The second kappa shape index (κ2) is 11.2. The zero-order valence-corrected chi connectivity index (χ0v) is 17.0. The summed E-state index contributed by atoms with van der Waals surface area (Å²) in [6, 6.07) is 13.8. The molecule has 2 aromatic carbocycles. The van der Waals surface area contributed by atoms with Gasteiger partial charge in [0.15, 0.2) is 13.2 Å². The van der Waals surface area contributed by atoms with E-state index in [0.29, 0.717) is 42.8 Å². The van der Waals surface area contributed by atoms with Gasteiger partial charge in [0, 0.05) is 18.1 Å². The van der Waals surface area contributed by atoms with Gasteiger partial charge >= 0.3 is 0 Å². The van der Waals surface area contributed by atoms with Crippen LogP contribution in [0.2, 0.25) is 5.02 Å². The molecule has 0 saturated carbocycles. The van der Waals surface area contributed by atoms with Crippen LogP contribution in [0.4, 0.5) is 0 Å². The van der Waals surface area contributed by atoms with Crippen LogP contribution in [0, 0.1) is 0 Å². The molecule has 0 atom stereocenters. The molecule has 30 heavy (non-hydrogen) atoms. The summed E-state index contributed by atoms with van der Waals surface area (Å²) in [6.45, 7) is 2.10. The minimum atomic E-state index is -0.396. The smallest absolute Gasteiger partial charge is 0.277 e. The van der Waals surface area contributed by atoms with Crippen LogP contribution >= 0.6 is 11.6 Å². The third kappa shape index (κ3) is 7.06. The Kier molecular flexibility index (Phi) is 8.05. The maximum atomic E-state index is 12.1. The number of hydrazone groups is 1. The van der Waals surface area contributed by atoms with E-state index in [-0.39, 0.29) is 19.1 Å². The summed E-state index contributed by atoms with van der Waals surface area (Å²) in [5, 5.41) is 4.42. The molecule has 2 amide bonds. The monoisotopic (exact) mass is 431 g/mol. The summed E-state index contributed by atoms with van der Waals surface area (Å²) in [6.07, 6.45) is 1.50. The van der Waals surface area contributed by atoms with E-state index in [2.05, 4.69) is 10.5 Å². The van der Waals surface area contributed by atoms with Gasteiger partial charge in [0.1, 0.15) is 11.5 Å². The minimum absolute atomic E-state index is 0.0177. The molecule has 158 valence electrons. The number of nitrogens with one attached hydrogen (secondary N) is 1. The highest BCUT2D eigenvalue weighted by Gasteiger charge is 2.17. The Balaban J connectivity index is 1.38. The predicted octanol–water partition coefficient (Wildman–Crippen LogP) is 2.11. The number of morpholine rings is 1. The number of hydrogen-bond donors (Lipinski definition) is 1. The quantitative estimate of drug-likeness (QED) is 0.510. The Morgan fingerprint density at radius 2 is 1.80 bits per heavy atom. The Morgan fingerprint density at radius 3 is 2.53 bits per heavy atom. The average molecular weight is 432 g/mol. The molecule has 0 aliphatic carbocycles. The first-order valence-corrected chi connectivity index (χ1v) is 9.76. The average Bonchev–Trinajstić information content (AvgIpc) is 2.77. The summed E-state index contributed by atoms with van der Waals surface area (Å²) in [5.41, 5.74) is 3.15. The lowest BCUT2D eigenvalue weighted by Crippen LogP contribution is -2.42. The molecule has 3 rings (SSSR count). The van der Waals surface area contributed by atoms with Crippen LogP contribution in [0.1, 0.15) is 5.56 Å². The molecule has 0 unspecified atom stereocenters. The van der Waals surface area contributed by atoms with Crippen molar-refractivity contribution in [1.82, 2.24) is 10.3 Å². The summed E-state index contributed by atoms with van der Waals surface area (Å²) in [4.78, 5) is 25.6. The standard InChI is InChI=1S/C21H22ClN3O5/c22-17-2-1-3-19(12-17)29-14-20(26)24-23-13-16-4-6-18(7-5-16)30-15-21(27)25-8-10-28-11-9-25/h1-7,12-13H,8-11,14-15H2,(H,24,26)/b23-13+. The number of ether oxygens (including phenoxy) is 3. The number of carbonyl (C=O) groups is 2. The molecule has 1 fully saturated rings. The van der Waals surface area contributed by atoms with Crippen molar-refractivity contribution in [2.75, 3.05) is 39.5 Å². The van der Waals surface area contributed by atoms with Crippen LogP contribution < -0.4 is 14.9 Å². The maximum absolute atomic E-state index is 12.1. The third-order valence-corrected chi connectivity index (χ3v) is 4.41. The van der Waals surface area contributed by atoms with Crippen molar-refractivity contribution >= 4 is 29.6 Å². The fourth-order valence-corrected chi connectivity index (χ4v) is 2.80. The topological polar surface area (TPSA) is 89.5 Å². The van der Waals surface area contributed by atoms with Gasteiger partial charge in [0.2, 0.25) is 0 Å². The molecule has 1 saturated heterocycles. The van der Waals surface area contributed by atoms with Crippen molar-refractivity contribution in [3.8, 4) is 11.5 Å². The largest absolute Gasteiger partial charge is 0.484 e. The molecular formula is C21H22ClN3O5. The van der Waals surface area contributed by atoms with Gasteiger partial charge in [0.25, 0.3) is 11.8 Å². The van der Waals surface area contributed by atoms with E-state index < -0.39 is 5.91 Å². The molecule has 1 N–H and O–H groups in total.